The summed E-state index contributed by atoms with van der Waals surface area (Å²) in [5, 5.41) is 24.1. The normalized spacial score (nSPS) is 25.8. The number of allylic oxidation sites excluding steroid dienone is 1. The monoisotopic (exact) mass is 823 g/mol. The zero-order chi connectivity index (χ0) is 42.3. The molecule has 0 radical (unpaired) electrons. The minimum atomic E-state index is -1.46. The lowest BCUT2D eigenvalue weighted by Gasteiger charge is -2.50. The highest BCUT2D eigenvalue weighted by Gasteiger charge is 2.76. The lowest BCUT2D eigenvalue weighted by molar-refractivity contribution is -0.225. The number of carbonyl (C=O) groups is 3. The molecule has 3 heterocycles. The molecule has 12 nitrogen and oxygen atoms in total. The predicted octanol–water partition coefficient (Wildman–Crippen LogP) is 6.27. The molecule has 0 unspecified atom stereocenters. The van der Waals surface area contributed by atoms with Gasteiger partial charge in [-0.1, -0.05) is 124 Å². The summed E-state index contributed by atoms with van der Waals surface area (Å²) < 4.78 is 20.3. The molecule has 1 saturated carbocycles. The second-order valence-corrected chi connectivity index (χ2v) is 16.8. The molecule has 7 rings (SSSR count). The molecule has 3 aromatic rings. The lowest BCUT2D eigenvalue weighted by Crippen LogP contribution is -2.70. The summed E-state index contributed by atoms with van der Waals surface area (Å²) in [5.41, 5.74) is 2.06. The number of carbonyl (C=O) groups excluding carboxylic acids is 3. The smallest absolute Gasteiger partial charge is 0.327 e. The average molecular weight is 824 g/mol. The van der Waals surface area contributed by atoms with Gasteiger partial charge in [0.2, 0.25) is 11.8 Å². The summed E-state index contributed by atoms with van der Waals surface area (Å²) in [6.45, 7) is 4.29. The van der Waals surface area contributed by atoms with E-state index in [1.807, 2.05) is 78.9 Å². The Labute approximate surface area is 353 Å². The first-order valence-electron chi connectivity index (χ1n) is 21.8. The number of aliphatic hydroxyl groups excluding tert-OH is 1. The number of aromatic hydroxyl groups is 1. The number of hydrogen-bond donors (Lipinski definition) is 3. The molecule has 3 N–H and O–H groups in total. The molecule has 2 amide bonds. The van der Waals surface area contributed by atoms with E-state index in [1.165, 1.54) is 4.90 Å². The van der Waals surface area contributed by atoms with Gasteiger partial charge in [-0.25, -0.2) is 0 Å². The number of hydroxylamine groups is 2. The van der Waals surface area contributed by atoms with Gasteiger partial charge in [-0.05, 0) is 47.6 Å². The number of esters is 1. The van der Waals surface area contributed by atoms with Gasteiger partial charge in [0.25, 0.3) is 0 Å². The molecular formula is C48H61N3O9. The molecule has 7 atom stereocenters. The van der Waals surface area contributed by atoms with Crippen molar-refractivity contribution in [2.45, 2.75) is 133 Å². The molecule has 3 saturated heterocycles. The molecule has 322 valence electrons. The van der Waals surface area contributed by atoms with Crippen LogP contribution in [0, 0.1) is 5.41 Å². The number of hydrogen-bond acceptors (Lipinski definition) is 10. The zero-order valence-electron chi connectivity index (χ0n) is 35.2. The number of phenols is 1. The van der Waals surface area contributed by atoms with Crippen molar-refractivity contribution < 1.29 is 43.6 Å². The van der Waals surface area contributed by atoms with Crippen LogP contribution in [0.25, 0.3) is 6.08 Å². The zero-order valence-corrected chi connectivity index (χ0v) is 35.2. The van der Waals surface area contributed by atoms with Crippen molar-refractivity contribution in [1.29, 1.82) is 0 Å². The van der Waals surface area contributed by atoms with Crippen LogP contribution in [0.3, 0.4) is 0 Å². The van der Waals surface area contributed by atoms with Gasteiger partial charge in [0, 0.05) is 39.3 Å². The average Bonchev–Trinajstić information content (AvgIpc) is 3.81. The summed E-state index contributed by atoms with van der Waals surface area (Å²) in [6, 6.07) is 22.6. The molecule has 1 aliphatic carbocycles. The van der Waals surface area contributed by atoms with Gasteiger partial charge in [0.1, 0.15) is 41.6 Å². The Bertz CT molecular complexity index is 1950. The number of fused-ring (bicyclic) bond motifs is 4. The van der Waals surface area contributed by atoms with Crippen LogP contribution in [0.1, 0.15) is 93.9 Å². The first-order valence-corrected chi connectivity index (χ1v) is 21.8. The van der Waals surface area contributed by atoms with Crippen molar-refractivity contribution in [3.8, 4) is 5.75 Å². The van der Waals surface area contributed by atoms with Crippen LogP contribution in [0.5, 0.6) is 5.75 Å². The minimum absolute atomic E-state index is 0.0338. The number of nitrogens with zero attached hydrogens (tertiary/aromatic N) is 2. The van der Waals surface area contributed by atoms with E-state index in [-0.39, 0.29) is 38.3 Å². The van der Waals surface area contributed by atoms with Crippen LogP contribution in [0.2, 0.25) is 0 Å². The maximum atomic E-state index is 15.5. The van der Waals surface area contributed by atoms with E-state index in [9.17, 15) is 19.8 Å². The van der Waals surface area contributed by atoms with Gasteiger partial charge in [-0.3, -0.25) is 19.2 Å². The quantitative estimate of drug-likeness (QED) is 0.0881. The summed E-state index contributed by atoms with van der Waals surface area (Å²) in [6.07, 6.45) is 9.22. The molecular weight excluding hydrogens is 763 g/mol. The molecule has 3 aromatic carbocycles. The van der Waals surface area contributed by atoms with Crippen molar-refractivity contribution in [2.75, 3.05) is 20.2 Å². The van der Waals surface area contributed by atoms with Crippen LogP contribution in [-0.4, -0.2) is 100 Å². The van der Waals surface area contributed by atoms with Crippen molar-refractivity contribution >= 4 is 23.9 Å². The van der Waals surface area contributed by atoms with E-state index in [0.717, 1.165) is 60.8 Å². The second kappa shape index (κ2) is 19.4. The largest absolute Gasteiger partial charge is 0.508 e. The van der Waals surface area contributed by atoms with E-state index in [2.05, 4.69) is 19.2 Å². The lowest BCUT2D eigenvalue weighted by atomic mass is 9.62. The number of nitrogens with one attached hydrogen (secondary N) is 1. The third-order valence-electron chi connectivity index (χ3n) is 12.7. The highest BCUT2D eigenvalue weighted by molar-refractivity contribution is 5.96. The topological polar surface area (TPSA) is 147 Å². The second-order valence-electron chi connectivity index (χ2n) is 16.8. The molecule has 4 aliphatic rings. The Morgan fingerprint density at radius 2 is 1.60 bits per heavy atom. The van der Waals surface area contributed by atoms with E-state index in [1.54, 1.807) is 24.2 Å². The molecule has 2 bridgehead atoms. The number of benzene rings is 3. The maximum Gasteiger partial charge on any atom is 0.327 e. The molecule has 0 aromatic heterocycles. The third-order valence-corrected chi connectivity index (χ3v) is 12.7. The molecule has 3 aliphatic heterocycles. The van der Waals surface area contributed by atoms with E-state index in [4.69, 9.17) is 19.0 Å². The van der Waals surface area contributed by atoms with Crippen LogP contribution >= 0.6 is 0 Å². The number of unbranched alkanes of at least 4 members (excludes halogenated alkanes) is 4. The molecule has 0 spiro atoms. The van der Waals surface area contributed by atoms with Crippen molar-refractivity contribution in [1.82, 2.24) is 15.3 Å². The fourth-order valence-corrected chi connectivity index (χ4v) is 9.61. The third kappa shape index (κ3) is 9.04. The van der Waals surface area contributed by atoms with Crippen molar-refractivity contribution in [3.63, 3.8) is 0 Å². The molecule has 12 heteroatoms. The van der Waals surface area contributed by atoms with Crippen LogP contribution in [0.4, 0.5) is 0 Å². The van der Waals surface area contributed by atoms with Gasteiger partial charge in [0.05, 0.1) is 13.2 Å². The van der Waals surface area contributed by atoms with Crippen LogP contribution < -0.4 is 5.32 Å². The Kier molecular flexibility index (Phi) is 14.1. The van der Waals surface area contributed by atoms with Gasteiger partial charge in [-0.15, -0.1) is 0 Å². The van der Waals surface area contributed by atoms with E-state index in [0.29, 0.717) is 19.3 Å². The van der Waals surface area contributed by atoms with Gasteiger partial charge in [0.15, 0.2) is 11.8 Å². The van der Waals surface area contributed by atoms with Crippen molar-refractivity contribution in [2.24, 2.45) is 5.41 Å². The van der Waals surface area contributed by atoms with Gasteiger partial charge >= 0.3 is 5.97 Å². The first kappa shape index (κ1) is 43.5. The number of ether oxygens (including phenoxy) is 3. The van der Waals surface area contributed by atoms with E-state index >= 15 is 4.79 Å². The predicted molar refractivity (Wildman–Crippen MR) is 226 cm³/mol. The number of phenolic OH excluding ortho intramolecular Hbond substituents is 1. The molecule has 60 heavy (non-hydrogen) atoms. The van der Waals surface area contributed by atoms with Gasteiger partial charge in [-0.2, -0.15) is 5.06 Å². The van der Waals surface area contributed by atoms with Crippen LogP contribution in [-0.2, 0) is 52.8 Å². The fraction of sp³-hybridized carbons (Fsp3) is 0.521. The summed E-state index contributed by atoms with van der Waals surface area (Å²) >= 11 is 0. The summed E-state index contributed by atoms with van der Waals surface area (Å²) in [7, 11) is 1.62. The van der Waals surface area contributed by atoms with E-state index < -0.39 is 65.5 Å². The Morgan fingerprint density at radius 1 is 0.917 bits per heavy atom. The SMILES string of the molecule is CCCCCC1(CCCCC)O[C@@H]2[C@H](O1)[C@H]1ON(Cc3ccc(C=CCc4ccccc4O)cc3)[C@H]3C(=O)O[C@@H]2C[C@@]13C(=O)N(C)[C@H](Cc1ccccc1)C(=O)NCCO. The fourth-order valence-electron chi connectivity index (χ4n) is 9.61. The molecule has 4 fully saturated rings. The number of aliphatic hydroxyl groups is 1. The first-order chi connectivity index (χ1) is 29.1. The Hall–Kier alpha value is -4.59. The maximum absolute atomic E-state index is 15.5. The Balaban J connectivity index is 1.21. The minimum Gasteiger partial charge on any atom is -0.508 e. The number of para-hydroxylation sites is 1. The summed E-state index contributed by atoms with van der Waals surface area (Å²) in [4.78, 5) is 52.2. The number of likely N-dealkylation sites (N-methyl/N-ethyl adjacent to an activating group) is 1. The Morgan fingerprint density at radius 3 is 2.28 bits per heavy atom. The van der Waals surface area contributed by atoms with Crippen molar-refractivity contribution in [3.05, 3.63) is 107 Å². The number of amides is 2. The highest BCUT2D eigenvalue weighted by Crippen LogP contribution is 2.58. The highest BCUT2D eigenvalue weighted by atomic mass is 16.8. The van der Waals surface area contributed by atoms with Crippen LogP contribution in [0.15, 0.2) is 84.9 Å². The standard InChI is InChI=1S/C48H61N3O9/c1-4-6-13-26-47(27-14-7-5-2)58-40-39-31-48(46(56)50(3)37(44(54)49-28-29-52)30-34-16-9-8-10-17-34)42(45(55)57-39)51(60-43(48)41(40)59-47)32-35-24-22-33(23-25-35)18-15-20-36-19-11-12-21-38(36)53/h8-12,15-19,21-25,37,39-43,52-53H,4-7,13-14,20,26-32H2,1-3H3,(H,49,54)/t37-,39-,40+,41+,42+,43-,48+/m1/s1. The van der Waals surface area contributed by atoms with Gasteiger partial charge < -0.3 is 34.6 Å². The number of rotatable bonds is 20. The summed E-state index contributed by atoms with van der Waals surface area (Å²) in [5.74, 6) is -2.03.